The van der Waals surface area contributed by atoms with E-state index >= 15 is 0 Å². The Balaban J connectivity index is 2.75. The van der Waals surface area contributed by atoms with Crippen molar-refractivity contribution in [3.63, 3.8) is 0 Å². The number of nitrogens with one attached hydrogen (secondary N) is 2. The quantitative estimate of drug-likeness (QED) is 0.794. The van der Waals surface area contributed by atoms with Crippen molar-refractivity contribution in [1.29, 1.82) is 0 Å². The average molecular weight is 285 g/mol. The second-order valence-corrected chi connectivity index (χ2v) is 6.56. The summed E-state index contributed by atoms with van der Waals surface area (Å²) in [6.45, 7) is 5.80. The first-order valence-electron chi connectivity index (χ1n) is 6.35. The Labute approximate surface area is 116 Å². The van der Waals surface area contributed by atoms with Crippen LogP contribution < -0.4 is 10.0 Å². The molecule has 0 aliphatic rings. The molecule has 0 radical (unpaired) electrons. The van der Waals surface area contributed by atoms with E-state index < -0.39 is 10.0 Å². The van der Waals surface area contributed by atoms with Gasteiger partial charge in [0.2, 0.25) is 10.0 Å². The Morgan fingerprint density at radius 3 is 2.47 bits per heavy atom. The maximum Gasteiger partial charge on any atom is 0.242 e. The molecule has 0 fully saturated rings. The fraction of sp³-hybridized carbons (Fsp3) is 0.538. The molecule has 0 heterocycles. The molecular weight excluding hydrogens is 262 g/mol. The molecule has 0 saturated heterocycles. The highest BCUT2D eigenvalue weighted by molar-refractivity contribution is 7.89. The zero-order valence-corrected chi connectivity index (χ0v) is 12.8. The van der Waals surface area contributed by atoms with Crippen molar-refractivity contribution in [2.75, 3.05) is 32.5 Å². The lowest BCUT2D eigenvalue weighted by Crippen LogP contribution is -2.31. The second-order valence-electron chi connectivity index (χ2n) is 4.70. The van der Waals surface area contributed by atoms with Crippen LogP contribution in [0.4, 0.5) is 5.69 Å². The monoisotopic (exact) mass is 285 g/mol. The van der Waals surface area contributed by atoms with E-state index in [0.717, 1.165) is 6.54 Å². The molecule has 19 heavy (non-hydrogen) atoms. The summed E-state index contributed by atoms with van der Waals surface area (Å²) in [5, 5.41) is 3.18. The Morgan fingerprint density at radius 2 is 1.89 bits per heavy atom. The number of benzene rings is 1. The van der Waals surface area contributed by atoms with Crippen LogP contribution in [0.15, 0.2) is 29.2 Å². The molecule has 1 rings (SSSR count). The highest BCUT2D eigenvalue weighted by atomic mass is 32.2. The third-order valence-corrected chi connectivity index (χ3v) is 4.58. The fourth-order valence-corrected chi connectivity index (χ4v) is 2.49. The number of anilines is 1. The molecular formula is C13H23N3O2S. The van der Waals surface area contributed by atoms with E-state index in [1.54, 1.807) is 18.2 Å². The van der Waals surface area contributed by atoms with Gasteiger partial charge in [-0.1, -0.05) is 12.1 Å². The van der Waals surface area contributed by atoms with Crippen LogP contribution >= 0.6 is 0 Å². The lowest BCUT2D eigenvalue weighted by molar-refractivity contribution is 0.284. The van der Waals surface area contributed by atoms with E-state index in [9.17, 15) is 8.42 Å². The van der Waals surface area contributed by atoms with Crippen molar-refractivity contribution < 1.29 is 8.42 Å². The maximum atomic E-state index is 11.9. The van der Waals surface area contributed by atoms with Crippen molar-refractivity contribution in [2.45, 2.75) is 24.8 Å². The van der Waals surface area contributed by atoms with Crippen LogP contribution in [-0.4, -0.2) is 46.5 Å². The summed E-state index contributed by atoms with van der Waals surface area (Å²) in [6, 6.07) is 7.39. The Kier molecular flexibility index (Phi) is 5.78. The van der Waals surface area contributed by atoms with Crippen LogP contribution in [0.1, 0.15) is 13.8 Å². The molecule has 0 unspecified atom stereocenters. The molecule has 0 spiro atoms. The number of para-hydroxylation sites is 1. The standard InChI is InChI=1S/C13H23N3O2S/c1-11(2)16(4)10-9-15-12-7-5-6-8-13(12)19(17,18)14-3/h5-8,11,14-15H,9-10H2,1-4H3. The van der Waals surface area contributed by atoms with E-state index in [2.05, 4.69) is 28.8 Å². The first kappa shape index (κ1) is 15.9. The van der Waals surface area contributed by atoms with Crippen LogP contribution in [0.2, 0.25) is 0 Å². The molecule has 2 N–H and O–H groups in total. The van der Waals surface area contributed by atoms with Crippen LogP contribution in [0.25, 0.3) is 0 Å². The van der Waals surface area contributed by atoms with Gasteiger partial charge < -0.3 is 10.2 Å². The Morgan fingerprint density at radius 1 is 1.26 bits per heavy atom. The second kappa shape index (κ2) is 6.88. The Hall–Kier alpha value is -1.11. The van der Waals surface area contributed by atoms with Gasteiger partial charge in [0.25, 0.3) is 0 Å². The molecule has 0 atom stereocenters. The summed E-state index contributed by atoms with van der Waals surface area (Å²) in [6.07, 6.45) is 0. The predicted molar refractivity (Wildman–Crippen MR) is 78.9 cm³/mol. The van der Waals surface area contributed by atoms with Gasteiger partial charge in [0.05, 0.1) is 5.69 Å². The molecule has 1 aromatic rings. The zero-order valence-electron chi connectivity index (χ0n) is 12.0. The third kappa shape index (κ3) is 4.49. The molecule has 5 nitrogen and oxygen atoms in total. The highest BCUT2D eigenvalue weighted by Crippen LogP contribution is 2.19. The molecule has 0 aromatic heterocycles. The molecule has 0 aliphatic heterocycles. The van der Waals surface area contributed by atoms with Crippen LogP contribution in [0.3, 0.4) is 0 Å². The van der Waals surface area contributed by atoms with Crippen molar-refractivity contribution in [2.24, 2.45) is 0 Å². The first-order valence-corrected chi connectivity index (χ1v) is 7.83. The van der Waals surface area contributed by atoms with E-state index in [4.69, 9.17) is 0 Å². The van der Waals surface area contributed by atoms with E-state index in [0.29, 0.717) is 18.3 Å². The highest BCUT2D eigenvalue weighted by Gasteiger charge is 2.15. The van der Waals surface area contributed by atoms with Gasteiger partial charge >= 0.3 is 0 Å². The summed E-state index contributed by atoms with van der Waals surface area (Å²) >= 11 is 0. The van der Waals surface area contributed by atoms with Gasteiger partial charge in [-0.25, -0.2) is 13.1 Å². The van der Waals surface area contributed by atoms with Crippen molar-refractivity contribution in [1.82, 2.24) is 9.62 Å². The van der Waals surface area contributed by atoms with Crippen molar-refractivity contribution in [3.8, 4) is 0 Å². The van der Waals surface area contributed by atoms with Gasteiger partial charge in [-0.15, -0.1) is 0 Å². The van der Waals surface area contributed by atoms with Crippen LogP contribution in [-0.2, 0) is 10.0 Å². The number of likely N-dealkylation sites (N-methyl/N-ethyl adjacent to an activating group) is 1. The van der Waals surface area contributed by atoms with Gasteiger partial charge in [0, 0.05) is 19.1 Å². The minimum absolute atomic E-state index is 0.282. The molecule has 6 heteroatoms. The summed E-state index contributed by atoms with van der Waals surface area (Å²) < 4.78 is 26.1. The van der Waals surface area contributed by atoms with Crippen molar-refractivity contribution >= 4 is 15.7 Å². The molecule has 0 amide bonds. The normalized spacial score (nSPS) is 12.1. The molecule has 0 saturated carbocycles. The van der Waals surface area contributed by atoms with Gasteiger partial charge in [-0.2, -0.15) is 0 Å². The molecule has 1 aromatic carbocycles. The minimum Gasteiger partial charge on any atom is -0.383 e. The first-order chi connectivity index (χ1) is 8.88. The minimum atomic E-state index is -3.42. The summed E-state index contributed by atoms with van der Waals surface area (Å²) in [7, 11) is 0.0376. The van der Waals surface area contributed by atoms with Gasteiger partial charge in [-0.05, 0) is 40.1 Å². The lowest BCUT2D eigenvalue weighted by atomic mass is 10.3. The zero-order chi connectivity index (χ0) is 14.5. The fourth-order valence-electron chi connectivity index (χ4n) is 1.58. The van der Waals surface area contributed by atoms with E-state index in [1.165, 1.54) is 7.05 Å². The topological polar surface area (TPSA) is 61.4 Å². The number of nitrogens with zero attached hydrogens (tertiary/aromatic N) is 1. The largest absolute Gasteiger partial charge is 0.383 e. The lowest BCUT2D eigenvalue weighted by Gasteiger charge is -2.21. The van der Waals surface area contributed by atoms with Crippen LogP contribution in [0.5, 0.6) is 0 Å². The average Bonchev–Trinajstić information content (AvgIpc) is 2.39. The number of hydrogen-bond donors (Lipinski definition) is 2. The molecule has 0 bridgehead atoms. The Bertz CT molecular complexity index is 500. The summed E-state index contributed by atoms with van der Waals surface area (Å²) in [4.78, 5) is 2.48. The predicted octanol–water partition coefficient (Wildman–Crippen LogP) is 1.35. The number of hydrogen-bond acceptors (Lipinski definition) is 4. The van der Waals surface area contributed by atoms with Gasteiger partial charge in [0.15, 0.2) is 0 Å². The molecule has 108 valence electrons. The van der Waals surface area contributed by atoms with Crippen LogP contribution in [0, 0.1) is 0 Å². The summed E-state index contributed by atoms with van der Waals surface area (Å²) in [5.74, 6) is 0. The number of sulfonamides is 1. The third-order valence-electron chi connectivity index (χ3n) is 3.11. The molecule has 0 aliphatic carbocycles. The number of rotatable bonds is 7. The SMILES string of the molecule is CNS(=O)(=O)c1ccccc1NCCN(C)C(C)C. The van der Waals surface area contributed by atoms with Crippen molar-refractivity contribution in [3.05, 3.63) is 24.3 Å². The van der Waals surface area contributed by atoms with E-state index in [1.807, 2.05) is 13.1 Å². The maximum absolute atomic E-state index is 11.9. The van der Waals surface area contributed by atoms with E-state index in [-0.39, 0.29) is 4.90 Å². The van der Waals surface area contributed by atoms with Gasteiger partial charge in [-0.3, -0.25) is 0 Å². The smallest absolute Gasteiger partial charge is 0.242 e. The van der Waals surface area contributed by atoms with Gasteiger partial charge in [0.1, 0.15) is 4.90 Å². The summed E-state index contributed by atoms with van der Waals surface area (Å²) in [5.41, 5.74) is 0.633.